The highest BCUT2D eigenvalue weighted by atomic mass is 16.2. The van der Waals surface area contributed by atoms with Gasteiger partial charge in [0, 0.05) is 19.0 Å². The van der Waals surface area contributed by atoms with Gasteiger partial charge in [0.25, 0.3) is 0 Å². The maximum Gasteiger partial charge on any atom is 0.235 e. The quantitative estimate of drug-likeness (QED) is 0.621. The number of hydrogen-bond donors (Lipinski definition) is 1. The van der Waals surface area contributed by atoms with E-state index in [9.17, 15) is 4.79 Å². The summed E-state index contributed by atoms with van der Waals surface area (Å²) in [6.07, 6.45) is 0.647. The number of carbonyl (C=O) groups excluding carboxylic acids is 1. The number of hydrazine groups is 1. The van der Waals surface area contributed by atoms with Crippen molar-refractivity contribution < 1.29 is 4.79 Å². The molecule has 1 rings (SSSR count). The fraction of sp³-hybridized carbons (Fsp3) is 0.875. The summed E-state index contributed by atoms with van der Waals surface area (Å²) in [5.74, 6) is 0.143. The van der Waals surface area contributed by atoms with Crippen molar-refractivity contribution in [2.75, 3.05) is 6.54 Å². The van der Waals surface area contributed by atoms with Gasteiger partial charge in [0.15, 0.2) is 0 Å². The topological polar surface area (TPSA) is 32.3 Å². The van der Waals surface area contributed by atoms with Gasteiger partial charge < -0.3 is 0 Å². The minimum Gasteiger partial charge on any atom is -0.289 e. The third-order valence-corrected chi connectivity index (χ3v) is 1.62. The van der Waals surface area contributed by atoms with E-state index in [4.69, 9.17) is 0 Å². The molecule has 11 heavy (non-hydrogen) atoms. The molecule has 1 heterocycles. The summed E-state index contributed by atoms with van der Waals surface area (Å²) in [7, 11) is 0. The highest BCUT2D eigenvalue weighted by Gasteiger charge is 2.23. The van der Waals surface area contributed by atoms with E-state index in [1.165, 1.54) is 0 Å². The largest absolute Gasteiger partial charge is 0.289 e. The Kier molecular flexibility index (Phi) is 4.86. The van der Waals surface area contributed by atoms with Crippen molar-refractivity contribution in [2.24, 2.45) is 0 Å². The molecule has 0 aromatic heterocycles. The molecule has 0 radical (unpaired) electrons. The molecule has 1 saturated heterocycles. The summed E-state index contributed by atoms with van der Waals surface area (Å²) in [6, 6.07) is 0.377. The van der Waals surface area contributed by atoms with Gasteiger partial charge in [-0.2, -0.15) is 0 Å². The van der Waals surface area contributed by atoms with Crippen LogP contribution >= 0.6 is 0 Å². The first-order valence-electron chi connectivity index (χ1n) is 4.30. The molecule has 66 valence electrons. The monoisotopic (exact) mass is 158 g/mol. The molecule has 3 nitrogen and oxygen atoms in total. The zero-order valence-corrected chi connectivity index (χ0v) is 7.85. The highest BCUT2D eigenvalue weighted by molar-refractivity contribution is 5.77. The highest BCUT2D eigenvalue weighted by Crippen LogP contribution is 2.06. The molecular weight excluding hydrogens is 140 g/mol. The first kappa shape index (κ1) is 10.4. The van der Waals surface area contributed by atoms with Gasteiger partial charge in [0.2, 0.25) is 5.91 Å². The second-order valence-electron chi connectivity index (χ2n) is 2.37. The number of carbonyl (C=O) groups is 1. The minimum atomic E-state index is 0.143. The van der Waals surface area contributed by atoms with Gasteiger partial charge in [0.05, 0.1) is 0 Å². The van der Waals surface area contributed by atoms with Gasteiger partial charge in [-0.05, 0) is 6.92 Å². The fourth-order valence-corrected chi connectivity index (χ4v) is 1.09. The average Bonchev–Trinajstić information content (AvgIpc) is 2.33. The van der Waals surface area contributed by atoms with Gasteiger partial charge in [-0.3, -0.25) is 10.2 Å². The molecular formula is C8H18N2O. The first-order chi connectivity index (χ1) is 5.24. The Morgan fingerprint density at radius 1 is 1.64 bits per heavy atom. The predicted octanol–water partition coefficient (Wildman–Crippen LogP) is 1.16. The van der Waals surface area contributed by atoms with Crippen molar-refractivity contribution in [3.8, 4) is 0 Å². The molecule has 1 fully saturated rings. The third-order valence-electron chi connectivity index (χ3n) is 1.62. The number of rotatable bonds is 1. The standard InChI is InChI=1S/C6H12N2O.C2H6/c1-3-8-5(2)4-6(9)7-8;1-2/h5H,3-4H2,1-2H3,(H,7,9);1-2H3. The summed E-state index contributed by atoms with van der Waals surface area (Å²) in [4.78, 5) is 10.7. The van der Waals surface area contributed by atoms with E-state index < -0.39 is 0 Å². The lowest BCUT2D eigenvalue weighted by Gasteiger charge is -2.16. The van der Waals surface area contributed by atoms with Crippen molar-refractivity contribution in [3.05, 3.63) is 0 Å². The van der Waals surface area contributed by atoms with Crippen LogP contribution in [0.2, 0.25) is 0 Å². The Labute approximate surface area is 68.7 Å². The van der Waals surface area contributed by atoms with Gasteiger partial charge in [-0.25, -0.2) is 5.01 Å². The van der Waals surface area contributed by atoms with E-state index >= 15 is 0 Å². The predicted molar refractivity (Wildman–Crippen MR) is 45.9 cm³/mol. The van der Waals surface area contributed by atoms with Crippen LogP contribution in [0.3, 0.4) is 0 Å². The van der Waals surface area contributed by atoms with Crippen LogP contribution in [0, 0.1) is 0 Å². The van der Waals surface area contributed by atoms with Crippen LogP contribution in [-0.2, 0) is 4.79 Å². The molecule has 1 atom stereocenters. The molecule has 0 aromatic carbocycles. The molecule has 0 saturated carbocycles. The molecule has 0 aromatic rings. The zero-order valence-electron chi connectivity index (χ0n) is 7.85. The lowest BCUT2D eigenvalue weighted by atomic mass is 10.2. The number of hydrogen-bond acceptors (Lipinski definition) is 2. The van der Waals surface area contributed by atoms with E-state index in [0.717, 1.165) is 6.54 Å². The number of amides is 1. The van der Waals surface area contributed by atoms with Crippen molar-refractivity contribution in [3.63, 3.8) is 0 Å². The molecule has 1 amide bonds. The van der Waals surface area contributed by atoms with Gasteiger partial charge >= 0.3 is 0 Å². The Bertz CT molecular complexity index is 125. The Balaban J connectivity index is 0.000000461. The lowest BCUT2D eigenvalue weighted by molar-refractivity contribution is -0.120. The van der Waals surface area contributed by atoms with Crippen molar-refractivity contribution in [1.82, 2.24) is 10.4 Å². The van der Waals surface area contributed by atoms with Gasteiger partial charge in [-0.15, -0.1) is 0 Å². The normalized spacial score (nSPS) is 24.0. The molecule has 3 heteroatoms. The van der Waals surface area contributed by atoms with E-state index in [1.54, 1.807) is 0 Å². The van der Waals surface area contributed by atoms with Crippen LogP contribution in [0.15, 0.2) is 0 Å². The fourth-order valence-electron chi connectivity index (χ4n) is 1.09. The van der Waals surface area contributed by atoms with Crippen LogP contribution in [0.4, 0.5) is 0 Å². The molecule has 1 N–H and O–H groups in total. The number of nitrogens with zero attached hydrogens (tertiary/aromatic N) is 1. The molecule has 1 unspecified atom stereocenters. The smallest absolute Gasteiger partial charge is 0.235 e. The zero-order chi connectivity index (χ0) is 8.85. The summed E-state index contributed by atoms with van der Waals surface area (Å²) in [5.41, 5.74) is 2.75. The van der Waals surface area contributed by atoms with E-state index in [2.05, 4.69) is 5.43 Å². The maximum absolute atomic E-state index is 10.7. The summed E-state index contributed by atoms with van der Waals surface area (Å²) in [5, 5.41) is 1.95. The van der Waals surface area contributed by atoms with Gasteiger partial charge in [-0.1, -0.05) is 20.8 Å². The maximum atomic E-state index is 10.7. The third kappa shape index (κ3) is 2.89. The molecule has 0 bridgehead atoms. The Morgan fingerprint density at radius 2 is 2.18 bits per heavy atom. The second-order valence-corrected chi connectivity index (χ2v) is 2.37. The summed E-state index contributed by atoms with van der Waals surface area (Å²) < 4.78 is 0. The molecule has 0 aliphatic carbocycles. The van der Waals surface area contributed by atoms with E-state index in [0.29, 0.717) is 12.5 Å². The van der Waals surface area contributed by atoms with Gasteiger partial charge in [0.1, 0.15) is 0 Å². The minimum absolute atomic E-state index is 0.143. The Hall–Kier alpha value is -0.570. The van der Waals surface area contributed by atoms with E-state index in [1.807, 2.05) is 32.7 Å². The van der Waals surface area contributed by atoms with Crippen LogP contribution in [0.5, 0.6) is 0 Å². The molecule has 0 spiro atoms. The van der Waals surface area contributed by atoms with E-state index in [-0.39, 0.29) is 5.91 Å². The Morgan fingerprint density at radius 3 is 2.36 bits per heavy atom. The van der Waals surface area contributed by atoms with Crippen molar-refractivity contribution in [2.45, 2.75) is 40.2 Å². The van der Waals surface area contributed by atoms with Crippen molar-refractivity contribution >= 4 is 5.91 Å². The SMILES string of the molecule is CC.CCN1NC(=O)CC1C. The van der Waals surface area contributed by atoms with Crippen LogP contribution in [-0.4, -0.2) is 23.5 Å². The first-order valence-corrected chi connectivity index (χ1v) is 4.30. The second kappa shape index (κ2) is 5.13. The average molecular weight is 158 g/mol. The molecule has 1 aliphatic rings. The number of nitrogens with one attached hydrogen (secondary N) is 1. The van der Waals surface area contributed by atoms with Crippen molar-refractivity contribution in [1.29, 1.82) is 0 Å². The van der Waals surface area contributed by atoms with Crippen LogP contribution < -0.4 is 5.43 Å². The molecule has 1 aliphatic heterocycles. The van der Waals surface area contributed by atoms with Crippen LogP contribution in [0.1, 0.15) is 34.1 Å². The summed E-state index contributed by atoms with van der Waals surface area (Å²) in [6.45, 7) is 8.97. The van der Waals surface area contributed by atoms with Crippen LogP contribution in [0.25, 0.3) is 0 Å². The lowest BCUT2D eigenvalue weighted by Crippen LogP contribution is -2.36. The summed E-state index contributed by atoms with van der Waals surface area (Å²) >= 11 is 0.